The van der Waals surface area contributed by atoms with Gasteiger partial charge in [-0.3, -0.25) is 9.25 Å². The SMILES string of the molecule is O=[PH](O)CCn1ncc2ccccc21. The monoisotopic (exact) mass is 210 g/mol. The molecule has 0 fully saturated rings. The van der Waals surface area contributed by atoms with Crippen LogP contribution in [0.5, 0.6) is 0 Å². The van der Waals surface area contributed by atoms with Crippen molar-refractivity contribution in [3.8, 4) is 0 Å². The van der Waals surface area contributed by atoms with Crippen LogP contribution in [0.3, 0.4) is 0 Å². The highest BCUT2D eigenvalue weighted by molar-refractivity contribution is 7.37. The number of para-hydroxylation sites is 1. The summed E-state index contributed by atoms with van der Waals surface area (Å²) in [5.41, 5.74) is 1.01. The molecule has 0 aliphatic rings. The lowest BCUT2D eigenvalue weighted by molar-refractivity contribution is 0.497. The summed E-state index contributed by atoms with van der Waals surface area (Å²) in [5.74, 6) is 0. The van der Waals surface area contributed by atoms with Crippen LogP contribution in [-0.4, -0.2) is 20.8 Å². The van der Waals surface area contributed by atoms with E-state index in [1.54, 1.807) is 10.9 Å². The minimum atomic E-state index is -2.39. The minimum absolute atomic E-state index is 0.288. The van der Waals surface area contributed by atoms with E-state index in [4.69, 9.17) is 4.89 Å². The van der Waals surface area contributed by atoms with Gasteiger partial charge in [0, 0.05) is 11.5 Å². The molecule has 1 unspecified atom stereocenters. The standard InChI is InChI=1S/C9H11N2O2P/c12-14(13)6-5-11-9-4-2-1-3-8(9)7-10-11/h1-4,7,14H,5-6H2,(H,12,13). The molecule has 0 spiro atoms. The van der Waals surface area contributed by atoms with E-state index in [1.807, 2.05) is 24.3 Å². The second-order valence-corrected chi connectivity index (χ2v) is 4.36. The smallest absolute Gasteiger partial charge is 0.190 e. The van der Waals surface area contributed by atoms with Gasteiger partial charge in [-0.25, -0.2) is 0 Å². The van der Waals surface area contributed by atoms with Crippen molar-refractivity contribution in [3.05, 3.63) is 30.5 Å². The number of aromatic nitrogens is 2. The van der Waals surface area contributed by atoms with Crippen molar-refractivity contribution in [2.24, 2.45) is 0 Å². The van der Waals surface area contributed by atoms with Gasteiger partial charge in [0.25, 0.3) is 0 Å². The lowest BCUT2D eigenvalue weighted by Gasteiger charge is -2.00. The summed E-state index contributed by atoms with van der Waals surface area (Å²) in [7, 11) is -2.39. The van der Waals surface area contributed by atoms with Crippen molar-refractivity contribution < 1.29 is 9.46 Å². The first-order chi connectivity index (χ1) is 6.77. The number of benzene rings is 1. The summed E-state index contributed by atoms with van der Waals surface area (Å²) in [6.07, 6.45) is 2.06. The van der Waals surface area contributed by atoms with Crippen molar-refractivity contribution in [2.45, 2.75) is 6.54 Å². The molecule has 0 radical (unpaired) electrons. The van der Waals surface area contributed by atoms with Crippen LogP contribution < -0.4 is 0 Å². The topological polar surface area (TPSA) is 55.1 Å². The highest BCUT2D eigenvalue weighted by atomic mass is 31.1. The molecule has 4 nitrogen and oxygen atoms in total. The molecule has 0 aliphatic heterocycles. The molecule has 0 amide bonds. The fourth-order valence-corrected chi connectivity index (χ4v) is 1.81. The highest BCUT2D eigenvalue weighted by Gasteiger charge is 2.01. The van der Waals surface area contributed by atoms with Crippen LogP contribution >= 0.6 is 8.03 Å². The Bertz CT molecular complexity index is 467. The van der Waals surface area contributed by atoms with Gasteiger partial charge in [-0.05, 0) is 6.07 Å². The number of hydrogen-bond acceptors (Lipinski definition) is 2. The molecule has 0 bridgehead atoms. The predicted molar refractivity (Wildman–Crippen MR) is 55.8 cm³/mol. The Morgan fingerprint density at radius 3 is 3.00 bits per heavy atom. The lowest BCUT2D eigenvalue weighted by atomic mass is 10.3. The van der Waals surface area contributed by atoms with Gasteiger partial charge < -0.3 is 4.89 Å². The second kappa shape index (κ2) is 3.95. The zero-order chi connectivity index (χ0) is 9.97. The van der Waals surface area contributed by atoms with Crippen LogP contribution in [0, 0.1) is 0 Å². The number of fused-ring (bicyclic) bond motifs is 1. The zero-order valence-corrected chi connectivity index (χ0v) is 8.55. The van der Waals surface area contributed by atoms with Gasteiger partial charge in [0.2, 0.25) is 0 Å². The third kappa shape index (κ3) is 1.86. The summed E-state index contributed by atoms with van der Waals surface area (Å²) >= 11 is 0. The third-order valence-electron chi connectivity index (χ3n) is 2.09. The summed E-state index contributed by atoms with van der Waals surface area (Å²) in [5, 5.41) is 5.21. The Balaban J connectivity index is 2.29. The van der Waals surface area contributed by atoms with Crippen LogP contribution in [0.25, 0.3) is 10.9 Å². The van der Waals surface area contributed by atoms with Crippen molar-refractivity contribution in [3.63, 3.8) is 0 Å². The molecule has 2 aromatic rings. The Kier molecular flexibility index (Phi) is 2.66. The lowest BCUT2D eigenvalue weighted by Crippen LogP contribution is -2.01. The average molecular weight is 210 g/mol. The van der Waals surface area contributed by atoms with E-state index in [1.165, 1.54) is 0 Å². The fourth-order valence-electron chi connectivity index (χ4n) is 1.41. The Hall–Kier alpha value is -1.12. The first-order valence-electron chi connectivity index (χ1n) is 4.40. The summed E-state index contributed by atoms with van der Waals surface area (Å²) < 4.78 is 12.3. The van der Waals surface area contributed by atoms with Crippen molar-refractivity contribution in [1.82, 2.24) is 9.78 Å². The van der Waals surface area contributed by atoms with E-state index in [-0.39, 0.29) is 6.16 Å². The van der Waals surface area contributed by atoms with Crippen molar-refractivity contribution >= 4 is 18.9 Å². The van der Waals surface area contributed by atoms with E-state index in [9.17, 15) is 4.57 Å². The van der Waals surface area contributed by atoms with Gasteiger partial charge in [-0.2, -0.15) is 5.10 Å². The molecule has 1 atom stereocenters. The number of rotatable bonds is 3. The van der Waals surface area contributed by atoms with Gasteiger partial charge in [0.05, 0.1) is 18.3 Å². The first-order valence-corrected chi connectivity index (χ1v) is 5.96. The van der Waals surface area contributed by atoms with E-state index < -0.39 is 8.03 Å². The molecule has 1 N–H and O–H groups in total. The second-order valence-electron chi connectivity index (χ2n) is 3.07. The van der Waals surface area contributed by atoms with E-state index >= 15 is 0 Å². The predicted octanol–water partition coefficient (Wildman–Crippen LogP) is 1.50. The van der Waals surface area contributed by atoms with Crippen LogP contribution in [0.1, 0.15) is 0 Å². The van der Waals surface area contributed by atoms with E-state index in [0.717, 1.165) is 10.9 Å². The van der Waals surface area contributed by atoms with E-state index in [0.29, 0.717) is 6.54 Å². The molecule has 5 heteroatoms. The molecular formula is C9H11N2O2P. The summed E-state index contributed by atoms with van der Waals surface area (Å²) in [6.45, 7) is 0.502. The number of nitrogens with zero attached hydrogens (tertiary/aromatic N) is 2. The average Bonchev–Trinajstić information content (AvgIpc) is 2.58. The Morgan fingerprint density at radius 1 is 1.43 bits per heavy atom. The van der Waals surface area contributed by atoms with Gasteiger partial charge in [0.1, 0.15) is 0 Å². The van der Waals surface area contributed by atoms with Crippen LogP contribution in [-0.2, 0) is 11.1 Å². The molecule has 14 heavy (non-hydrogen) atoms. The van der Waals surface area contributed by atoms with Crippen LogP contribution in [0.15, 0.2) is 30.5 Å². The summed E-state index contributed by atoms with van der Waals surface area (Å²) in [6, 6.07) is 7.81. The number of aryl methyl sites for hydroxylation is 1. The fraction of sp³-hybridized carbons (Fsp3) is 0.222. The van der Waals surface area contributed by atoms with Crippen molar-refractivity contribution in [2.75, 3.05) is 6.16 Å². The van der Waals surface area contributed by atoms with Gasteiger partial charge in [0.15, 0.2) is 8.03 Å². The largest absolute Gasteiger partial charge is 0.346 e. The maximum absolute atomic E-state index is 10.6. The molecule has 2 rings (SSSR count). The maximum atomic E-state index is 10.6. The first kappa shape index (κ1) is 9.44. The van der Waals surface area contributed by atoms with Crippen LogP contribution in [0.2, 0.25) is 0 Å². The van der Waals surface area contributed by atoms with Gasteiger partial charge in [-0.15, -0.1) is 0 Å². The van der Waals surface area contributed by atoms with Crippen molar-refractivity contribution in [1.29, 1.82) is 0 Å². The molecule has 0 aliphatic carbocycles. The molecule has 1 aromatic carbocycles. The zero-order valence-electron chi connectivity index (χ0n) is 7.55. The summed E-state index contributed by atoms with van der Waals surface area (Å²) in [4.78, 5) is 8.73. The van der Waals surface area contributed by atoms with Gasteiger partial charge >= 0.3 is 0 Å². The van der Waals surface area contributed by atoms with E-state index in [2.05, 4.69) is 5.10 Å². The molecule has 0 saturated carbocycles. The van der Waals surface area contributed by atoms with Crippen LogP contribution in [0.4, 0.5) is 0 Å². The molecule has 1 aromatic heterocycles. The minimum Gasteiger partial charge on any atom is -0.346 e. The maximum Gasteiger partial charge on any atom is 0.190 e. The third-order valence-corrected chi connectivity index (χ3v) is 2.74. The quantitative estimate of drug-likeness (QED) is 0.781. The highest BCUT2D eigenvalue weighted by Crippen LogP contribution is 2.16. The Morgan fingerprint density at radius 2 is 2.21 bits per heavy atom. The molecule has 1 heterocycles. The Labute approximate surface area is 82.0 Å². The molecule has 0 saturated heterocycles. The number of hydrogen-bond donors (Lipinski definition) is 1. The normalized spacial score (nSPS) is 13.2. The van der Waals surface area contributed by atoms with Gasteiger partial charge in [-0.1, -0.05) is 18.2 Å². The molecule has 74 valence electrons. The molecular weight excluding hydrogens is 199 g/mol.